The Kier molecular flexibility index (Phi) is 4.04. The van der Waals surface area contributed by atoms with Crippen LogP contribution in [0.3, 0.4) is 0 Å². The van der Waals surface area contributed by atoms with Gasteiger partial charge in [0.15, 0.2) is 0 Å². The molecule has 0 radical (unpaired) electrons. The van der Waals surface area contributed by atoms with Crippen molar-refractivity contribution < 1.29 is 4.74 Å². The van der Waals surface area contributed by atoms with Crippen molar-refractivity contribution in [2.45, 2.75) is 6.54 Å². The molecule has 0 bridgehead atoms. The summed E-state index contributed by atoms with van der Waals surface area (Å²) in [6, 6.07) is 18.1. The van der Waals surface area contributed by atoms with Gasteiger partial charge in [-0.05, 0) is 36.4 Å². The minimum atomic E-state index is 0.716. The average molecular weight is 330 g/mol. The summed E-state index contributed by atoms with van der Waals surface area (Å²) >= 11 is 0. The summed E-state index contributed by atoms with van der Waals surface area (Å²) in [4.78, 5) is 4.13. The zero-order chi connectivity index (χ0) is 17.1. The van der Waals surface area contributed by atoms with E-state index in [4.69, 9.17) is 9.84 Å². The molecule has 0 fully saturated rings. The molecule has 2 heterocycles. The van der Waals surface area contributed by atoms with Crippen molar-refractivity contribution in [3.63, 3.8) is 0 Å². The van der Waals surface area contributed by atoms with Crippen molar-refractivity contribution in [3.8, 4) is 22.7 Å². The first kappa shape index (κ1) is 15.2. The molecule has 0 aliphatic heterocycles. The van der Waals surface area contributed by atoms with E-state index >= 15 is 0 Å². The standard InChI is InChI=1S/C20H18N4O/c1-25-19-9-7-16(8-10-19)20-17(13-23-12-11-21-15-23)14-24(22-20)18-5-3-2-4-6-18/h2-12,14-15H,13H2,1H3. The predicted molar refractivity (Wildman–Crippen MR) is 96.9 cm³/mol. The van der Waals surface area contributed by atoms with Gasteiger partial charge in [0.1, 0.15) is 5.75 Å². The summed E-state index contributed by atoms with van der Waals surface area (Å²) in [6.07, 6.45) is 7.64. The van der Waals surface area contributed by atoms with Crippen molar-refractivity contribution in [2.75, 3.05) is 7.11 Å². The predicted octanol–water partition coefficient (Wildman–Crippen LogP) is 3.79. The van der Waals surface area contributed by atoms with Crippen LogP contribution in [-0.2, 0) is 6.54 Å². The van der Waals surface area contributed by atoms with Crippen LogP contribution >= 0.6 is 0 Å². The van der Waals surface area contributed by atoms with Gasteiger partial charge < -0.3 is 9.30 Å². The summed E-state index contributed by atoms with van der Waals surface area (Å²) in [5, 5.41) is 4.83. The molecule has 0 N–H and O–H groups in total. The molecule has 5 nitrogen and oxygen atoms in total. The van der Waals surface area contributed by atoms with Gasteiger partial charge in [-0.2, -0.15) is 5.10 Å². The number of methoxy groups -OCH3 is 1. The van der Waals surface area contributed by atoms with Crippen LogP contribution in [0.15, 0.2) is 79.5 Å². The molecule has 0 aliphatic rings. The Morgan fingerprint density at radius 1 is 1.00 bits per heavy atom. The summed E-state index contributed by atoms with van der Waals surface area (Å²) in [5.41, 5.74) is 4.19. The monoisotopic (exact) mass is 330 g/mol. The molecular formula is C20H18N4O. The molecule has 0 saturated carbocycles. The third kappa shape index (κ3) is 3.17. The van der Waals surface area contributed by atoms with E-state index in [0.717, 1.165) is 28.3 Å². The van der Waals surface area contributed by atoms with E-state index in [1.54, 1.807) is 13.3 Å². The van der Waals surface area contributed by atoms with E-state index in [1.165, 1.54) is 0 Å². The third-order valence-corrected chi connectivity index (χ3v) is 4.09. The van der Waals surface area contributed by atoms with Crippen molar-refractivity contribution in [1.29, 1.82) is 0 Å². The van der Waals surface area contributed by atoms with E-state index in [1.807, 2.05) is 76.4 Å². The van der Waals surface area contributed by atoms with Crippen LogP contribution in [0.1, 0.15) is 5.56 Å². The fraction of sp³-hybridized carbons (Fsp3) is 0.100. The molecule has 0 aliphatic carbocycles. The van der Waals surface area contributed by atoms with Gasteiger partial charge in [-0.3, -0.25) is 0 Å². The molecule has 0 atom stereocenters. The first-order valence-electron chi connectivity index (χ1n) is 8.07. The molecule has 2 aromatic carbocycles. The SMILES string of the molecule is COc1ccc(-c2nn(-c3ccccc3)cc2Cn2ccnc2)cc1. The first-order valence-corrected chi connectivity index (χ1v) is 8.07. The highest BCUT2D eigenvalue weighted by Crippen LogP contribution is 2.26. The van der Waals surface area contributed by atoms with Crippen molar-refractivity contribution in [2.24, 2.45) is 0 Å². The Labute approximate surface area is 146 Å². The summed E-state index contributed by atoms with van der Waals surface area (Å²) in [7, 11) is 1.67. The zero-order valence-electron chi connectivity index (χ0n) is 13.9. The van der Waals surface area contributed by atoms with Crippen LogP contribution in [0, 0.1) is 0 Å². The summed E-state index contributed by atoms with van der Waals surface area (Å²) in [5.74, 6) is 0.836. The van der Waals surface area contributed by atoms with Crippen LogP contribution in [0.5, 0.6) is 5.75 Å². The van der Waals surface area contributed by atoms with Crippen molar-refractivity contribution in [1.82, 2.24) is 19.3 Å². The highest BCUT2D eigenvalue weighted by molar-refractivity contribution is 5.64. The highest BCUT2D eigenvalue weighted by Gasteiger charge is 2.13. The van der Waals surface area contributed by atoms with Gasteiger partial charge in [0, 0.05) is 29.7 Å². The number of hydrogen-bond donors (Lipinski definition) is 0. The summed E-state index contributed by atoms with van der Waals surface area (Å²) < 4.78 is 9.22. The van der Waals surface area contributed by atoms with Gasteiger partial charge >= 0.3 is 0 Å². The minimum absolute atomic E-state index is 0.716. The second-order valence-corrected chi connectivity index (χ2v) is 5.75. The quantitative estimate of drug-likeness (QED) is 0.559. The molecule has 5 heteroatoms. The van der Waals surface area contributed by atoms with Gasteiger partial charge in [-0.25, -0.2) is 9.67 Å². The molecule has 4 rings (SSSR count). The van der Waals surface area contributed by atoms with Gasteiger partial charge in [-0.1, -0.05) is 18.2 Å². The molecule has 0 spiro atoms. The Bertz CT molecular complexity index is 941. The topological polar surface area (TPSA) is 44.9 Å². The Balaban J connectivity index is 1.78. The second-order valence-electron chi connectivity index (χ2n) is 5.75. The lowest BCUT2D eigenvalue weighted by atomic mass is 10.1. The van der Waals surface area contributed by atoms with Crippen LogP contribution in [0.2, 0.25) is 0 Å². The second kappa shape index (κ2) is 6.65. The minimum Gasteiger partial charge on any atom is -0.497 e. The maximum atomic E-state index is 5.26. The van der Waals surface area contributed by atoms with Crippen LogP contribution in [0.25, 0.3) is 16.9 Å². The molecule has 0 saturated heterocycles. The number of para-hydroxylation sites is 1. The maximum Gasteiger partial charge on any atom is 0.118 e. The molecule has 2 aromatic heterocycles. The number of aromatic nitrogens is 4. The highest BCUT2D eigenvalue weighted by atomic mass is 16.5. The lowest BCUT2D eigenvalue weighted by molar-refractivity contribution is 0.415. The fourth-order valence-electron chi connectivity index (χ4n) is 2.81. The molecule has 0 amide bonds. The number of imidazole rings is 1. The van der Waals surface area contributed by atoms with E-state index in [9.17, 15) is 0 Å². The number of benzene rings is 2. The molecule has 0 unspecified atom stereocenters. The van der Waals surface area contributed by atoms with E-state index in [-0.39, 0.29) is 0 Å². The fourth-order valence-corrected chi connectivity index (χ4v) is 2.81. The molecule has 4 aromatic rings. The average Bonchev–Trinajstić information content (AvgIpc) is 3.33. The Morgan fingerprint density at radius 3 is 2.48 bits per heavy atom. The molecule has 124 valence electrons. The Morgan fingerprint density at radius 2 is 1.80 bits per heavy atom. The smallest absolute Gasteiger partial charge is 0.118 e. The number of nitrogens with zero attached hydrogens (tertiary/aromatic N) is 4. The summed E-state index contributed by atoms with van der Waals surface area (Å²) in [6.45, 7) is 0.716. The van der Waals surface area contributed by atoms with Crippen molar-refractivity contribution >= 4 is 0 Å². The van der Waals surface area contributed by atoms with E-state index in [0.29, 0.717) is 6.54 Å². The number of ether oxygens (including phenoxy) is 1. The normalized spacial score (nSPS) is 10.8. The number of hydrogen-bond acceptors (Lipinski definition) is 3. The van der Waals surface area contributed by atoms with Crippen LogP contribution in [0.4, 0.5) is 0 Å². The largest absolute Gasteiger partial charge is 0.497 e. The van der Waals surface area contributed by atoms with Gasteiger partial charge in [0.05, 0.1) is 31.4 Å². The van der Waals surface area contributed by atoms with Gasteiger partial charge in [0.25, 0.3) is 0 Å². The van der Waals surface area contributed by atoms with E-state index < -0.39 is 0 Å². The van der Waals surface area contributed by atoms with Crippen molar-refractivity contribution in [3.05, 3.63) is 85.1 Å². The van der Waals surface area contributed by atoms with E-state index in [2.05, 4.69) is 11.2 Å². The van der Waals surface area contributed by atoms with Gasteiger partial charge in [-0.15, -0.1) is 0 Å². The zero-order valence-corrected chi connectivity index (χ0v) is 13.9. The first-order chi connectivity index (χ1) is 12.3. The Hall–Kier alpha value is -3.34. The molecule has 25 heavy (non-hydrogen) atoms. The van der Waals surface area contributed by atoms with Crippen LogP contribution in [-0.4, -0.2) is 26.4 Å². The lowest BCUT2D eigenvalue weighted by Crippen LogP contribution is -1.97. The number of rotatable bonds is 5. The lowest BCUT2D eigenvalue weighted by Gasteiger charge is -2.05. The van der Waals surface area contributed by atoms with Gasteiger partial charge in [0.2, 0.25) is 0 Å². The molecular weight excluding hydrogens is 312 g/mol. The van der Waals surface area contributed by atoms with Crippen LogP contribution < -0.4 is 4.74 Å². The maximum absolute atomic E-state index is 5.26. The third-order valence-electron chi connectivity index (χ3n) is 4.09.